The molecule has 0 aliphatic heterocycles. The van der Waals surface area contributed by atoms with E-state index in [-0.39, 0.29) is 11.5 Å². The van der Waals surface area contributed by atoms with Crippen LogP contribution in [0.15, 0.2) is 18.2 Å². The minimum absolute atomic E-state index is 0.0995. The van der Waals surface area contributed by atoms with E-state index in [1.54, 1.807) is 13.8 Å². The average molecular weight is 214 g/mol. The van der Waals surface area contributed by atoms with Gasteiger partial charge in [0, 0.05) is 5.56 Å². The molecule has 1 aromatic carbocycles. The van der Waals surface area contributed by atoms with Crippen LogP contribution in [0.3, 0.4) is 0 Å². The minimum atomic E-state index is -1.14. The van der Waals surface area contributed by atoms with Gasteiger partial charge in [0.1, 0.15) is 11.6 Å². The van der Waals surface area contributed by atoms with Gasteiger partial charge in [-0.1, -0.05) is 13.8 Å². The van der Waals surface area contributed by atoms with E-state index < -0.39 is 23.5 Å². The Morgan fingerprint density at radius 2 is 1.93 bits per heavy atom. The summed E-state index contributed by atoms with van der Waals surface area (Å²) < 4.78 is 26.2. The van der Waals surface area contributed by atoms with Gasteiger partial charge in [0.05, 0.1) is 5.92 Å². The molecule has 0 unspecified atom stereocenters. The van der Waals surface area contributed by atoms with Gasteiger partial charge >= 0.3 is 5.97 Å². The standard InChI is InChI=1S/C11H12F2O2/c1-6(2)10(11(14)15)8-5-7(12)3-4-9(8)13/h3-6,10H,1-2H3,(H,14,15)/t10-/m0/s1. The third-order valence-corrected chi connectivity index (χ3v) is 2.23. The number of hydrogen-bond donors (Lipinski definition) is 1. The van der Waals surface area contributed by atoms with Crippen LogP contribution in [0, 0.1) is 17.6 Å². The number of carbonyl (C=O) groups is 1. The van der Waals surface area contributed by atoms with Gasteiger partial charge in [-0.2, -0.15) is 0 Å². The van der Waals surface area contributed by atoms with Crippen molar-refractivity contribution in [2.75, 3.05) is 0 Å². The summed E-state index contributed by atoms with van der Waals surface area (Å²) in [5.74, 6) is -3.76. The van der Waals surface area contributed by atoms with Gasteiger partial charge in [0.2, 0.25) is 0 Å². The Hall–Kier alpha value is -1.45. The number of carboxylic acid groups (broad SMARTS) is 1. The molecule has 0 aliphatic carbocycles. The number of carboxylic acids is 1. The average Bonchev–Trinajstić information content (AvgIpc) is 2.10. The molecule has 0 fully saturated rings. The van der Waals surface area contributed by atoms with Gasteiger partial charge in [-0.3, -0.25) is 4.79 Å². The maximum Gasteiger partial charge on any atom is 0.311 e. The first kappa shape index (κ1) is 11.6. The molecule has 0 amide bonds. The van der Waals surface area contributed by atoms with Gasteiger partial charge in [-0.25, -0.2) is 8.78 Å². The van der Waals surface area contributed by atoms with E-state index in [0.717, 1.165) is 18.2 Å². The van der Waals surface area contributed by atoms with Crippen LogP contribution >= 0.6 is 0 Å². The van der Waals surface area contributed by atoms with Gasteiger partial charge in [0.15, 0.2) is 0 Å². The molecule has 0 aliphatic rings. The van der Waals surface area contributed by atoms with Gasteiger partial charge < -0.3 is 5.11 Å². The summed E-state index contributed by atoms with van der Waals surface area (Å²) in [5.41, 5.74) is -0.0995. The monoisotopic (exact) mass is 214 g/mol. The zero-order valence-corrected chi connectivity index (χ0v) is 8.50. The van der Waals surface area contributed by atoms with Crippen LogP contribution in [0.5, 0.6) is 0 Å². The molecule has 0 saturated heterocycles. The minimum Gasteiger partial charge on any atom is -0.481 e. The first-order chi connectivity index (χ1) is 6.93. The smallest absolute Gasteiger partial charge is 0.311 e. The zero-order chi connectivity index (χ0) is 11.6. The summed E-state index contributed by atoms with van der Waals surface area (Å²) in [5, 5.41) is 8.92. The number of aliphatic carboxylic acids is 1. The summed E-state index contributed by atoms with van der Waals surface area (Å²) in [7, 11) is 0. The third kappa shape index (κ3) is 2.52. The molecule has 0 saturated carbocycles. The fraction of sp³-hybridized carbons (Fsp3) is 0.364. The number of hydrogen-bond acceptors (Lipinski definition) is 1. The lowest BCUT2D eigenvalue weighted by Gasteiger charge is -2.17. The summed E-state index contributed by atoms with van der Waals surface area (Å²) in [6.07, 6.45) is 0. The third-order valence-electron chi connectivity index (χ3n) is 2.23. The fourth-order valence-corrected chi connectivity index (χ4v) is 1.53. The van der Waals surface area contributed by atoms with Crippen LogP contribution < -0.4 is 0 Å². The molecule has 0 heterocycles. The van der Waals surface area contributed by atoms with E-state index >= 15 is 0 Å². The van der Waals surface area contributed by atoms with Crippen LogP contribution in [0.1, 0.15) is 25.3 Å². The molecule has 1 atom stereocenters. The van der Waals surface area contributed by atoms with Crippen molar-refractivity contribution in [3.05, 3.63) is 35.4 Å². The van der Waals surface area contributed by atoms with Crippen LogP contribution in [-0.2, 0) is 4.79 Å². The first-order valence-electron chi connectivity index (χ1n) is 4.61. The largest absolute Gasteiger partial charge is 0.481 e. The van der Waals surface area contributed by atoms with Gasteiger partial charge in [0.25, 0.3) is 0 Å². The van der Waals surface area contributed by atoms with Gasteiger partial charge in [-0.15, -0.1) is 0 Å². The molecule has 0 spiro atoms. The van der Waals surface area contributed by atoms with Crippen molar-refractivity contribution in [2.45, 2.75) is 19.8 Å². The first-order valence-corrected chi connectivity index (χ1v) is 4.61. The van der Waals surface area contributed by atoms with Crippen LogP contribution in [0.2, 0.25) is 0 Å². The Kier molecular flexibility index (Phi) is 3.39. The summed E-state index contributed by atoms with van der Waals surface area (Å²) in [6, 6.07) is 2.86. The van der Waals surface area contributed by atoms with E-state index in [1.807, 2.05) is 0 Å². The van der Waals surface area contributed by atoms with E-state index in [9.17, 15) is 13.6 Å². The second-order valence-electron chi connectivity index (χ2n) is 3.73. The fourth-order valence-electron chi connectivity index (χ4n) is 1.53. The quantitative estimate of drug-likeness (QED) is 0.840. The predicted octanol–water partition coefficient (Wildman–Crippen LogP) is 2.79. The van der Waals surface area contributed by atoms with Crippen molar-refractivity contribution in [2.24, 2.45) is 5.92 Å². The molecule has 0 radical (unpaired) electrons. The van der Waals surface area contributed by atoms with Crippen molar-refractivity contribution in [1.82, 2.24) is 0 Å². The molecule has 1 N–H and O–H groups in total. The molecule has 2 nitrogen and oxygen atoms in total. The van der Waals surface area contributed by atoms with Gasteiger partial charge in [-0.05, 0) is 24.1 Å². The maximum absolute atomic E-state index is 13.3. The Balaban J connectivity index is 3.22. The Morgan fingerprint density at radius 3 is 2.40 bits per heavy atom. The second kappa shape index (κ2) is 4.38. The Bertz CT molecular complexity index is 375. The number of halogens is 2. The lowest BCUT2D eigenvalue weighted by molar-refractivity contribution is -0.139. The Morgan fingerprint density at radius 1 is 1.33 bits per heavy atom. The van der Waals surface area contributed by atoms with Crippen molar-refractivity contribution >= 4 is 5.97 Å². The van der Waals surface area contributed by atoms with E-state index in [4.69, 9.17) is 5.11 Å². The molecule has 0 aromatic heterocycles. The second-order valence-corrected chi connectivity index (χ2v) is 3.73. The summed E-state index contributed by atoms with van der Waals surface area (Å²) >= 11 is 0. The molecular weight excluding hydrogens is 202 g/mol. The van der Waals surface area contributed by atoms with Crippen LogP contribution in [0.4, 0.5) is 8.78 Å². The highest BCUT2D eigenvalue weighted by Crippen LogP contribution is 2.27. The molecule has 4 heteroatoms. The van der Waals surface area contributed by atoms with Crippen molar-refractivity contribution < 1.29 is 18.7 Å². The predicted molar refractivity (Wildman–Crippen MR) is 51.6 cm³/mol. The number of rotatable bonds is 3. The topological polar surface area (TPSA) is 37.3 Å². The van der Waals surface area contributed by atoms with Crippen LogP contribution in [0.25, 0.3) is 0 Å². The molecule has 0 bridgehead atoms. The van der Waals surface area contributed by atoms with E-state index in [2.05, 4.69) is 0 Å². The van der Waals surface area contributed by atoms with E-state index in [0.29, 0.717) is 0 Å². The maximum atomic E-state index is 13.3. The molecule has 1 rings (SSSR count). The summed E-state index contributed by atoms with van der Waals surface area (Å²) in [6.45, 7) is 3.31. The molecule has 15 heavy (non-hydrogen) atoms. The summed E-state index contributed by atoms with van der Waals surface area (Å²) in [4.78, 5) is 10.9. The SMILES string of the molecule is CC(C)[C@H](C(=O)O)c1cc(F)ccc1F. The van der Waals surface area contributed by atoms with E-state index in [1.165, 1.54) is 0 Å². The zero-order valence-electron chi connectivity index (χ0n) is 8.50. The lowest BCUT2D eigenvalue weighted by Crippen LogP contribution is -2.19. The molecule has 82 valence electrons. The normalized spacial score (nSPS) is 12.9. The van der Waals surface area contributed by atoms with Crippen molar-refractivity contribution in [3.8, 4) is 0 Å². The highest BCUT2D eigenvalue weighted by Gasteiger charge is 2.26. The highest BCUT2D eigenvalue weighted by atomic mass is 19.1. The van der Waals surface area contributed by atoms with Crippen molar-refractivity contribution in [3.63, 3.8) is 0 Å². The number of benzene rings is 1. The molecule has 1 aromatic rings. The lowest BCUT2D eigenvalue weighted by atomic mass is 9.88. The Labute approximate surface area is 86.5 Å². The highest BCUT2D eigenvalue weighted by molar-refractivity contribution is 5.76. The van der Waals surface area contributed by atoms with Crippen molar-refractivity contribution in [1.29, 1.82) is 0 Å². The van der Waals surface area contributed by atoms with Crippen LogP contribution in [-0.4, -0.2) is 11.1 Å². The molecular formula is C11H12F2O2.